The van der Waals surface area contributed by atoms with E-state index in [1.165, 1.54) is 24.4 Å². The molecule has 0 aromatic heterocycles. The van der Waals surface area contributed by atoms with Crippen LogP contribution in [0.1, 0.15) is 41.0 Å². The van der Waals surface area contributed by atoms with E-state index in [1.54, 1.807) is 5.70 Å². The molecule has 0 amide bonds. The van der Waals surface area contributed by atoms with E-state index in [0.717, 1.165) is 38.8 Å². The normalized spacial score (nSPS) is 30.6. The number of hydrogen-bond acceptors (Lipinski definition) is 4. The SMILES string of the molecule is CC1=C2C[C@H](CN3CCOCC3)CN2C(C(C)(C)C)=N[C@H]1C. The summed E-state index contributed by atoms with van der Waals surface area (Å²) in [5.41, 5.74) is 3.14. The van der Waals surface area contributed by atoms with Crippen LogP contribution in [0.4, 0.5) is 0 Å². The van der Waals surface area contributed by atoms with Crippen molar-refractivity contribution in [2.75, 3.05) is 39.4 Å². The summed E-state index contributed by atoms with van der Waals surface area (Å²) in [6.07, 6.45) is 1.21. The zero-order chi connectivity index (χ0) is 15.9. The van der Waals surface area contributed by atoms with Gasteiger partial charge < -0.3 is 9.64 Å². The molecule has 2 fully saturated rings. The molecule has 22 heavy (non-hydrogen) atoms. The molecule has 3 aliphatic heterocycles. The Kier molecular flexibility index (Phi) is 4.34. The molecule has 0 spiro atoms. The maximum absolute atomic E-state index is 5.47. The number of hydrogen-bond donors (Lipinski definition) is 0. The van der Waals surface area contributed by atoms with Crippen LogP contribution in [0.3, 0.4) is 0 Å². The fourth-order valence-corrected chi connectivity index (χ4v) is 3.87. The highest BCUT2D eigenvalue weighted by Crippen LogP contribution is 2.38. The first-order chi connectivity index (χ1) is 10.4. The minimum absolute atomic E-state index is 0.119. The molecule has 3 aliphatic rings. The fourth-order valence-electron chi connectivity index (χ4n) is 3.87. The maximum Gasteiger partial charge on any atom is 0.109 e. The van der Waals surface area contributed by atoms with E-state index >= 15 is 0 Å². The van der Waals surface area contributed by atoms with Crippen molar-refractivity contribution in [3.05, 3.63) is 11.3 Å². The summed E-state index contributed by atoms with van der Waals surface area (Å²) < 4.78 is 5.47. The van der Waals surface area contributed by atoms with Gasteiger partial charge in [-0.15, -0.1) is 0 Å². The molecule has 0 saturated carbocycles. The van der Waals surface area contributed by atoms with Gasteiger partial charge >= 0.3 is 0 Å². The van der Waals surface area contributed by atoms with E-state index in [-0.39, 0.29) is 5.41 Å². The second-order valence-corrected chi connectivity index (χ2v) is 8.10. The molecule has 4 heteroatoms. The lowest BCUT2D eigenvalue weighted by Crippen LogP contribution is -2.43. The van der Waals surface area contributed by atoms with Crippen LogP contribution in [0.2, 0.25) is 0 Å². The number of ether oxygens (including phenoxy) is 1. The summed E-state index contributed by atoms with van der Waals surface area (Å²) in [6, 6.07) is 0.336. The predicted octanol–water partition coefficient (Wildman–Crippen LogP) is 2.76. The van der Waals surface area contributed by atoms with Crippen molar-refractivity contribution in [2.24, 2.45) is 16.3 Å². The Morgan fingerprint density at radius 1 is 1.23 bits per heavy atom. The minimum atomic E-state index is 0.119. The van der Waals surface area contributed by atoms with E-state index in [1.807, 2.05) is 0 Å². The van der Waals surface area contributed by atoms with E-state index in [2.05, 4.69) is 44.4 Å². The van der Waals surface area contributed by atoms with E-state index in [9.17, 15) is 0 Å². The van der Waals surface area contributed by atoms with Gasteiger partial charge in [0, 0.05) is 37.3 Å². The van der Waals surface area contributed by atoms with Gasteiger partial charge in [0.25, 0.3) is 0 Å². The van der Waals surface area contributed by atoms with Gasteiger partial charge in [0.2, 0.25) is 0 Å². The highest BCUT2D eigenvalue weighted by Gasteiger charge is 2.39. The van der Waals surface area contributed by atoms with Crippen LogP contribution in [0.15, 0.2) is 16.3 Å². The van der Waals surface area contributed by atoms with Gasteiger partial charge in [0.1, 0.15) is 5.84 Å². The number of rotatable bonds is 2. The molecular formula is C18H31N3O. The number of nitrogens with zero attached hydrogens (tertiary/aromatic N) is 3. The monoisotopic (exact) mass is 305 g/mol. The minimum Gasteiger partial charge on any atom is -0.379 e. The third-order valence-electron chi connectivity index (χ3n) is 5.19. The standard InChI is InChI=1S/C18H31N3O/c1-13-14(2)19-17(18(3,4)5)21-12-15(10-16(13)21)11-20-6-8-22-9-7-20/h14-15H,6-12H2,1-5H3/t14-,15+/m0/s1. The molecule has 2 atom stereocenters. The lowest BCUT2D eigenvalue weighted by Gasteiger charge is -2.37. The molecule has 2 saturated heterocycles. The molecule has 0 bridgehead atoms. The van der Waals surface area contributed by atoms with Crippen molar-refractivity contribution < 1.29 is 4.74 Å². The average Bonchev–Trinajstić information content (AvgIpc) is 2.86. The molecule has 3 rings (SSSR count). The number of allylic oxidation sites excluding steroid dienone is 1. The molecule has 0 unspecified atom stereocenters. The third-order valence-corrected chi connectivity index (χ3v) is 5.19. The van der Waals surface area contributed by atoms with Crippen LogP contribution < -0.4 is 0 Å². The van der Waals surface area contributed by atoms with Crippen LogP contribution in [0, 0.1) is 11.3 Å². The summed E-state index contributed by atoms with van der Waals surface area (Å²) in [7, 11) is 0. The Morgan fingerprint density at radius 3 is 2.55 bits per heavy atom. The Morgan fingerprint density at radius 2 is 1.91 bits per heavy atom. The molecule has 0 aliphatic carbocycles. The second kappa shape index (κ2) is 5.97. The average molecular weight is 305 g/mol. The number of amidine groups is 1. The van der Waals surface area contributed by atoms with Crippen LogP contribution in [-0.4, -0.2) is 61.1 Å². The summed E-state index contributed by atoms with van der Waals surface area (Å²) in [4.78, 5) is 10.1. The molecule has 124 valence electrons. The van der Waals surface area contributed by atoms with Gasteiger partial charge in [-0.05, 0) is 31.8 Å². The largest absolute Gasteiger partial charge is 0.379 e. The van der Waals surface area contributed by atoms with Gasteiger partial charge in [-0.1, -0.05) is 20.8 Å². The van der Waals surface area contributed by atoms with Crippen molar-refractivity contribution in [3.63, 3.8) is 0 Å². The first-order valence-electron chi connectivity index (χ1n) is 8.72. The van der Waals surface area contributed by atoms with Crippen LogP contribution in [0.5, 0.6) is 0 Å². The summed E-state index contributed by atoms with van der Waals surface area (Å²) in [5.74, 6) is 2.01. The van der Waals surface area contributed by atoms with Crippen LogP contribution in [-0.2, 0) is 4.74 Å². The predicted molar refractivity (Wildman–Crippen MR) is 91.1 cm³/mol. The van der Waals surface area contributed by atoms with E-state index < -0.39 is 0 Å². The van der Waals surface area contributed by atoms with Gasteiger partial charge in [-0.2, -0.15) is 0 Å². The van der Waals surface area contributed by atoms with Crippen LogP contribution >= 0.6 is 0 Å². The van der Waals surface area contributed by atoms with Gasteiger partial charge in [-0.25, -0.2) is 0 Å². The number of aliphatic imine (C=N–C) groups is 1. The highest BCUT2D eigenvalue weighted by molar-refractivity contribution is 5.90. The van der Waals surface area contributed by atoms with Crippen molar-refractivity contribution in [1.29, 1.82) is 0 Å². The highest BCUT2D eigenvalue weighted by atomic mass is 16.5. The van der Waals surface area contributed by atoms with Crippen molar-refractivity contribution in [3.8, 4) is 0 Å². The van der Waals surface area contributed by atoms with E-state index in [0.29, 0.717) is 6.04 Å². The topological polar surface area (TPSA) is 28.1 Å². The summed E-state index contributed by atoms with van der Waals surface area (Å²) in [5, 5.41) is 0. The molecule has 0 radical (unpaired) electrons. The Bertz CT molecular complexity index is 483. The second-order valence-electron chi connectivity index (χ2n) is 8.10. The van der Waals surface area contributed by atoms with Crippen molar-refractivity contribution in [2.45, 2.75) is 47.1 Å². The molecular weight excluding hydrogens is 274 g/mol. The summed E-state index contributed by atoms with van der Waals surface area (Å²) >= 11 is 0. The summed E-state index contributed by atoms with van der Waals surface area (Å²) in [6.45, 7) is 17.7. The molecule has 0 aromatic carbocycles. The van der Waals surface area contributed by atoms with Gasteiger partial charge in [0.15, 0.2) is 0 Å². The van der Waals surface area contributed by atoms with Gasteiger partial charge in [-0.3, -0.25) is 9.89 Å². The Hall–Kier alpha value is -0.870. The Balaban J connectivity index is 1.75. The smallest absolute Gasteiger partial charge is 0.109 e. The lowest BCUT2D eigenvalue weighted by atomic mass is 9.91. The fraction of sp³-hybridized carbons (Fsp3) is 0.833. The molecule has 0 N–H and O–H groups in total. The van der Waals surface area contributed by atoms with Gasteiger partial charge in [0.05, 0.1) is 19.3 Å². The van der Waals surface area contributed by atoms with Crippen molar-refractivity contribution >= 4 is 5.84 Å². The zero-order valence-corrected chi connectivity index (χ0v) is 14.9. The quantitative estimate of drug-likeness (QED) is 0.785. The first-order valence-corrected chi connectivity index (χ1v) is 8.72. The number of fused-ring (bicyclic) bond motifs is 1. The zero-order valence-electron chi connectivity index (χ0n) is 14.9. The van der Waals surface area contributed by atoms with Crippen LogP contribution in [0.25, 0.3) is 0 Å². The van der Waals surface area contributed by atoms with Crippen molar-refractivity contribution in [1.82, 2.24) is 9.80 Å². The molecule has 4 nitrogen and oxygen atoms in total. The first kappa shape index (κ1) is 16.0. The number of morpholine rings is 1. The molecule has 3 heterocycles. The Labute approximate surface area is 135 Å². The molecule has 0 aromatic rings. The lowest BCUT2D eigenvalue weighted by molar-refractivity contribution is 0.0315. The maximum atomic E-state index is 5.47. The van der Waals surface area contributed by atoms with E-state index in [4.69, 9.17) is 9.73 Å². The third kappa shape index (κ3) is 3.09.